The van der Waals surface area contributed by atoms with Crippen LogP contribution < -0.4 is 4.90 Å². The highest BCUT2D eigenvalue weighted by Gasteiger charge is 2.44. The van der Waals surface area contributed by atoms with E-state index in [1.54, 1.807) is 4.57 Å². The van der Waals surface area contributed by atoms with Gasteiger partial charge in [0.15, 0.2) is 23.2 Å². The maximum atomic E-state index is 10.3. The maximum absolute atomic E-state index is 10.3. The van der Waals surface area contributed by atoms with Gasteiger partial charge in [0.05, 0.1) is 12.9 Å². The Balaban J connectivity index is 1.50. The lowest BCUT2D eigenvalue weighted by molar-refractivity contribution is -0.0511. The van der Waals surface area contributed by atoms with E-state index in [0.29, 0.717) is 11.2 Å². The molecule has 4 heterocycles. The summed E-state index contributed by atoms with van der Waals surface area (Å²) in [7, 11) is 0. The van der Waals surface area contributed by atoms with Crippen LogP contribution >= 0.6 is 0 Å². The number of imidazole rings is 1. The van der Waals surface area contributed by atoms with E-state index in [-0.39, 0.29) is 6.61 Å². The zero-order chi connectivity index (χ0) is 19.3. The molecule has 0 amide bonds. The molecule has 0 saturated carbocycles. The molecule has 0 aliphatic carbocycles. The minimum atomic E-state index is -1.19. The predicted molar refractivity (Wildman–Crippen MR) is 99.5 cm³/mol. The number of aromatic nitrogens is 4. The first-order chi connectivity index (χ1) is 13.7. The fourth-order valence-electron chi connectivity index (χ4n) is 4.04. The first kappa shape index (κ1) is 17.5. The minimum absolute atomic E-state index is 0.380. The van der Waals surface area contributed by atoms with Gasteiger partial charge in [0.2, 0.25) is 0 Å². The lowest BCUT2D eigenvalue weighted by Gasteiger charge is -2.29. The summed E-state index contributed by atoms with van der Waals surface area (Å²) in [6.07, 6.45) is -0.155. The molecule has 5 rings (SSSR count). The van der Waals surface area contributed by atoms with Gasteiger partial charge in [-0.1, -0.05) is 24.3 Å². The Morgan fingerprint density at radius 1 is 1.07 bits per heavy atom. The van der Waals surface area contributed by atoms with Crippen molar-refractivity contribution < 1.29 is 20.1 Å². The maximum Gasteiger partial charge on any atom is 0.167 e. The molecular formula is C19H21N5O4. The van der Waals surface area contributed by atoms with Gasteiger partial charge in [-0.25, -0.2) is 15.0 Å². The summed E-state index contributed by atoms with van der Waals surface area (Å²) in [6, 6.07) is 8.37. The van der Waals surface area contributed by atoms with Crippen LogP contribution in [-0.4, -0.2) is 66.3 Å². The molecule has 1 unspecified atom stereocenters. The van der Waals surface area contributed by atoms with Crippen LogP contribution in [0, 0.1) is 0 Å². The SMILES string of the molecule is OC[C@H]1O[C@@H](n2cnc3c(N4CCc5ccccc5C4)ncnc32)[C@@H](O)C1O. The van der Waals surface area contributed by atoms with Gasteiger partial charge in [-0.15, -0.1) is 0 Å². The average molecular weight is 383 g/mol. The van der Waals surface area contributed by atoms with Crippen LogP contribution in [-0.2, 0) is 17.7 Å². The smallest absolute Gasteiger partial charge is 0.167 e. The lowest BCUT2D eigenvalue weighted by Crippen LogP contribution is -2.33. The number of anilines is 1. The van der Waals surface area contributed by atoms with Crippen LogP contribution in [0.2, 0.25) is 0 Å². The van der Waals surface area contributed by atoms with Crippen LogP contribution in [0.4, 0.5) is 5.82 Å². The molecule has 2 aromatic heterocycles. The third-order valence-corrected chi connectivity index (χ3v) is 5.56. The first-order valence-corrected chi connectivity index (χ1v) is 9.29. The Morgan fingerprint density at radius 3 is 2.68 bits per heavy atom. The molecule has 28 heavy (non-hydrogen) atoms. The monoisotopic (exact) mass is 383 g/mol. The van der Waals surface area contributed by atoms with Gasteiger partial charge < -0.3 is 25.0 Å². The Bertz CT molecular complexity index is 1010. The third kappa shape index (κ3) is 2.67. The number of aliphatic hydroxyl groups is 3. The van der Waals surface area contributed by atoms with Crippen molar-refractivity contribution in [3.05, 3.63) is 48.0 Å². The summed E-state index contributed by atoms with van der Waals surface area (Å²) in [6.45, 7) is 1.18. The molecule has 1 aromatic carbocycles. The van der Waals surface area contributed by atoms with Crippen molar-refractivity contribution in [2.24, 2.45) is 0 Å². The van der Waals surface area contributed by atoms with Crippen molar-refractivity contribution in [1.82, 2.24) is 19.5 Å². The number of fused-ring (bicyclic) bond motifs is 2. The number of hydrogen-bond acceptors (Lipinski definition) is 8. The molecule has 0 spiro atoms. The molecule has 1 saturated heterocycles. The van der Waals surface area contributed by atoms with Crippen molar-refractivity contribution in [3.8, 4) is 0 Å². The Labute approximate surface area is 160 Å². The van der Waals surface area contributed by atoms with E-state index in [1.807, 2.05) is 6.07 Å². The minimum Gasteiger partial charge on any atom is -0.394 e. The Kier molecular flexibility index (Phi) is 4.24. The predicted octanol–water partition coefficient (Wildman–Crippen LogP) is 0.000500. The molecular weight excluding hydrogens is 362 g/mol. The molecule has 4 atom stereocenters. The van der Waals surface area contributed by atoms with Gasteiger partial charge in [0, 0.05) is 13.1 Å². The molecule has 9 heteroatoms. The van der Waals surface area contributed by atoms with Crippen molar-refractivity contribution in [3.63, 3.8) is 0 Å². The number of hydrogen-bond donors (Lipinski definition) is 3. The second kappa shape index (κ2) is 6.78. The molecule has 0 bridgehead atoms. The number of rotatable bonds is 3. The number of aliphatic hydroxyl groups excluding tert-OH is 3. The highest BCUT2D eigenvalue weighted by Crippen LogP contribution is 2.33. The van der Waals surface area contributed by atoms with Crippen molar-refractivity contribution in [2.45, 2.75) is 37.5 Å². The number of nitrogens with zero attached hydrogens (tertiary/aromatic N) is 5. The molecule has 146 valence electrons. The van der Waals surface area contributed by atoms with Crippen molar-refractivity contribution in [1.29, 1.82) is 0 Å². The standard InChI is InChI=1S/C19H21N5O4/c25-8-13-15(26)16(27)19(28-13)24-10-22-14-17(20-9-21-18(14)24)23-6-5-11-3-1-2-4-12(11)7-23/h1-4,9-10,13,15-16,19,25-27H,5-8H2/t13-,15?,16+,19-/m1/s1. The van der Waals surface area contributed by atoms with E-state index in [0.717, 1.165) is 25.3 Å². The van der Waals surface area contributed by atoms with Gasteiger partial charge in [-0.3, -0.25) is 4.57 Å². The van der Waals surface area contributed by atoms with Gasteiger partial charge in [0.25, 0.3) is 0 Å². The van der Waals surface area contributed by atoms with E-state index in [9.17, 15) is 15.3 Å². The normalized spacial score (nSPS) is 27.3. The quantitative estimate of drug-likeness (QED) is 0.579. The van der Waals surface area contributed by atoms with E-state index in [1.165, 1.54) is 23.8 Å². The van der Waals surface area contributed by atoms with Gasteiger partial charge in [-0.2, -0.15) is 0 Å². The lowest BCUT2D eigenvalue weighted by atomic mass is 10.00. The van der Waals surface area contributed by atoms with Crippen LogP contribution in [0.25, 0.3) is 11.2 Å². The highest BCUT2D eigenvalue weighted by molar-refractivity contribution is 5.83. The average Bonchev–Trinajstić information content (AvgIpc) is 3.28. The van der Waals surface area contributed by atoms with Gasteiger partial charge in [-0.05, 0) is 17.5 Å². The second-order valence-corrected chi connectivity index (χ2v) is 7.19. The fourth-order valence-corrected chi connectivity index (χ4v) is 4.04. The van der Waals surface area contributed by atoms with Crippen molar-refractivity contribution >= 4 is 17.0 Å². The molecule has 2 aliphatic rings. The summed E-state index contributed by atoms with van der Waals surface area (Å²) < 4.78 is 7.20. The second-order valence-electron chi connectivity index (χ2n) is 7.19. The zero-order valence-corrected chi connectivity index (χ0v) is 15.1. The summed E-state index contributed by atoms with van der Waals surface area (Å²) in [5, 5.41) is 29.7. The Morgan fingerprint density at radius 2 is 1.89 bits per heavy atom. The Hall–Kier alpha value is -2.59. The third-order valence-electron chi connectivity index (χ3n) is 5.56. The van der Waals surface area contributed by atoms with E-state index >= 15 is 0 Å². The summed E-state index contributed by atoms with van der Waals surface area (Å²) in [5.74, 6) is 0.727. The fraction of sp³-hybridized carbons (Fsp3) is 0.421. The number of ether oxygens (including phenoxy) is 1. The van der Waals surface area contributed by atoms with Crippen LogP contribution in [0.15, 0.2) is 36.9 Å². The van der Waals surface area contributed by atoms with E-state index in [2.05, 4.69) is 38.1 Å². The summed E-state index contributed by atoms with van der Waals surface area (Å²) in [4.78, 5) is 15.4. The molecule has 2 aliphatic heterocycles. The molecule has 9 nitrogen and oxygen atoms in total. The molecule has 3 aromatic rings. The molecule has 0 radical (unpaired) electrons. The van der Waals surface area contributed by atoms with E-state index < -0.39 is 24.5 Å². The molecule has 1 fully saturated rings. The highest BCUT2D eigenvalue weighted by atomic mass is 16.6. The van der Waals surface area contributed by atoms with Crippen LogP contribution in [0.5, 0.6) is 0 Å². The van der Waals surface area contributed by atoms with Crippen LogP contribution in [0.3, 0.4) is 0 Å². The van der Waals surface area contributed by atoms with Gasteiger partial charge in [0.1, 0.15) is 24.6 Å². The topological polar surface area (TPSA) is 117 Å². The van der Waals surface area contributed by atoms with Crippen LogP contribution in [0.1, 0.15) is 17.4 Å². The van der Waals surface area contributed by atoms with E-state index in [4.69, 9.17) is 4.74 Å². The summed E-state index contributed by atoms with van der Waals surface area (Å²) >= 11 is 0. The van der Waals surface area contributed by atoms with Crippen molar-refractivity contribution in [2.75, 3.05) is 18.1 Å². The zero-order valence-electron chi connectivity index (χ0n) is 15.1. The largest absolute Gasteiger partial charge is 0.394 e. The van der Waals surface area contributed by atoms with Gasteiger partial charge >= 0.3 is 0 Å². The first-order valence-electron chi connectivity index (χ1n) is 9.29. The number of benzene rings is 1. The summed E-state index contributed by atoms with van der Waals surface area (Å²) in [5.41, 5.74) is 3.74. The molecule has 3 N–H and O–H groups in total.